The molecule has 4 aromatic carbocycles. The Hall–Kier alpha value is -1.72. The normalized spacial score (nSPS) is 11.2. The number of thiocarbonyl (C=S) groups is 4. The van der Waals surface area contributed by atoms with Gasteiger partial charge in [-0.1, -0.05) is 146 Å². The third-order valence-corrected chi connectivity index (χ3v) is 6.33. The quantitative estimate of drug-likeness (QED) is 0.0669. The first-order chi connectivity index (χ1) is 21.2. The summed E-state index contributed by atoms with van der Waals surface area (Å²) in [5, 5.41) is 19.3. The van der Waals surface area contributed by atoms with E-state index < -0.39 is 0 Å². The molecular weight excluding hydrogens is 703 g/mol. The van der Waals surface area contributed by atoms with E-state index in [0.717, 1.165) is 26.3 Å². The van der Waals surface area contributed by atoms with Gasteiger partial charge in [-0.05, 0) is 21.5 Å². The Morgan fingerprint density at radius 2 is 0.727 bits per heavy atom. The van der Waals surface area contributed by atoms with Gasteiger partial charge in [-0.3, -0.25) is 0 Å². The third kappa shape index (κ3) is 22.7. The van der Waals surface area contributed by atoms with E-state index in [1.807, 2.05) is 0 Å². The zero-order valence-corrected chi connectivity index (χ0v) is 30.7. The van der Waals surface area contributed by atoms with Crippen LogP contribution in [0.1, 0.15) is 0 Å². The Bertz CT molecular complexity index is 1150. The van der Waals surface area contributed by atoms with Gasteiger partial charge in [-0.25, -0.2) is 0 Å². The van der Waals surface area contributed by atoms with Crippen molar-refractivity contribution in [2.45, 2.75) is 0 Å². The number of morpholine rings is 1. The van der Waals surface area contributed by atoms with Gasteiger partial charge in [-0.15, -0.1) is 50.5 Å². The van der Waals surface area contributed by atoms with Crippen molar-refractivity contribution in [3.63, 3.8) is 0 Å². The molecule has 236 valence electrons. The standard InChI is InChI=1S/2C10H8.C4H9NO.2C3H6N2S4/c2*1-2-6-10-8-4-3-7-9(10)5-1;1-3-6-4-2-5-1;2*6-2(7)4-1-5-3(8)9/h2*1-8H;5H,1-4H2;2*1H2,(H2,4,6,7)(H2,5,8,9). The maximum Gasteiger partial charge on any atom is 0.132 e. The molecule has 1 aliphatic rings. The van der Waals surface area contributed by atoms with Crippen LogP contribution in [0.5, 0.6) is 0 Å². The molecule has 1 fully saturated rings. The lowest BCUT2D eigenvalue weighted by Gasteiger charge is -2.10. The van der Waals surface area contributed by atoms with E-state index in [9.17, 15) is 0 Å². The van der Waals surface area contributed by atoms with E-state index >= 15 is 0 Å². The van der Waals surface area contributed by atoms with Gasteiger partial charge >= 0.3 is 0 Å². The molecule has 6 nitrogen and oxygen atoms in total. The first kappa shape index (κ1) is 40.3. The van der Waals surface area contributed by atoms with Crippen molar-refractivity contribution in [2.24, 2.45) is 0 Å². The summed E-state index contributed by atoms with van der Waals surface area (Å²) in [6, 6.07) is 33.4. The molecule has 0 saturated carbocycles. The fourth-order valence-corrected chi connectivity index (χ4v) is 3.78. The Balaban J connectivity index is 0.000000278. The molecule has 5 N–H and O–H groups in total. The minimum atomic E-state index is 0.437. The minimum absolute atomic E-state index is 0.437. The Morgan fingerprint density at radius 3 is 0.864 bits per heavy atom. The van der Waals surface area contributed by atoms with Gasteiger partial charge < -0.3 is 31.3 Å². The molecule has 4 aromatic rings. The zero-order valence-electron chi connectivity index (χ0n) is 23.8. The average Bonchev–Trinajstić information content (AvgIpc) is 3.03. The van der Waals surface area contributed by atoms with Crippen LogP contribution in [0.4, 0.5) is 0 Å². The van der Waals surface area contributed by atoms with Crippen molar-refractivity contribution in [3.05, 3.63) is 97.1 Å². The first-order valence-electron chi connectivity index (χ1n) is 13.2. The van der Waals surface area contributed by atoms with Crippen molar-refractivity contribution < 1.29 is 4.74 Å². The molecule has 14 heteroatoms. The van der Waals surface area contributed by atoms with Gasteiger partial charge in [0.2, 0.25) is 0 Å². The van der Waals surface area contributed by atoms with Crippen LogP contribution >= 0.6 is 99.4 Å². The summed E-state index contributed by atoms with van der Waals surface area (Å²) in [6.07, 6.45) is 0. The summed E-state index contributed by atoms with van der Waals surface area (Å²) in [4.78, 5) is 0. The van der Waals surface area contributed by atoms with Gasteiger partial charge in [0.05, 0.1) is 26.6 Å². The van der Waals surface area contributed by atoms with Crippen LogP contribution in [0, 0.1) is 0 Å². The highest BCUT2D eigenvalue weighted by molar-refractivity contribution is 8.12. The molecule has 0 spiro atoms. The van der Waals surface area contributed by atoms with E-state index in [-0.39, 0.29) is 0 Å². The summed E-state index contributed by atoms with van der Waals surface area (Å²) in [5.41, 5.74) is 0. The van der Waals surface area contributed by atoms with Crippen LogP contribution in [0.3, 0.4) is 0 Å². The molecule has 0 atom stereocenters. The molecule has 1 heterocycles. The SMILES string of the molecule is C1COCCN1.S=C(S)NCNC(=S)S.S=C(S)NCNC(=S)S.c1ccc2ccccc2c1.c1ccc2ccccc2c1. The lowest BCUT2D eigenvalue weighted by atomic mass is 10.1. The maximum atomic E-state index is 5.01. The third-order valence-electron chi connectivity index (χ3n) is 5.12. The van der Waals surface area contributed by atoms with Gasteiger partial charge in [0, 0.05) is 13.1 Å². The van der Waals surface area contributed by atoms with Gasteiger partial charge in [0.25, 0.3) is 0 Å². The molecule has 1 aliphatic heterocycles. The number of hydrogen-bond donors (Lipinski definition) is 9. The van der Waals surface area contributed by atoms with Crippen LogP contribution in [-0.2, 0) is 4.74 Å². The zero-order chi connectivity index (χ0) is 32.4. The molecule has 44 heavy (non-hydrogen) atoms. The number of fused-ring (bicyclic) bond motifs is 2. The Morgan fingerprint density at radius 1 is 0.500 bits per heavy atom. The van der Waals surface area contributed by atoms with Gasteiger partial charge in [0.1, 0.15) is 17.3 Å². The van der Waals surface area contributed by atoms with Gasteiger partial charge in [0.15, 0.2) is 0 Å². The smallest absolute Gasteiger partial charge is 0.132 e. The van der Waals surface area contributed by atoms with Crippen molar-refractivity contribution in [1.82, 2.24) is 26.6 Å². The van der Waals surface area contributed by atoms with E-state index in [1.54, 1.807) is 0 Å². The summed E-state index contributed by atoms with van der Waals surface area (Å²) >= 11 is 33.6. The van der Waals surface area contributed by atoms with Crippen molar-refractivity contribution in [3.8, 4) is 0 Å². The lowest BCUT2D eigenvalue weighted by Crippen LogP contribution is -2.31. The van der Waals surface area contributed by atoms with Crippen LogP contribution in [0.15, 0.2) is 97.1 Å². The van der Waals surface area contributed by atoms with E-state index in [2.05, 4.69) is 223 Å². The summed E-state index contributed by atoms with van der Waals surface area (Å²) in [7, 11) is 0. The molecular formula is C30H37N5OS8. The Labute approximate surface area is 303 Å². The molecule has 0 aromatic heterocycles. The molecule has 0 unspecified atom stereocenters. The number of hydrogen-bond acceptors (Lipinski definition) is 6. The van der Waals surface area contributed by atoms with E-state index in [4.69, 9.17) is 4.74 Å². The fraction of sp³-hybridized carbons (Fsp3) is 0.200. The predicted molar refractivity (Wildman–Crippen MR) is 220 cm³/mol. The number of benzene rings is 4. The van der Waals surface area contributed by atoms with Gasteiger partial charge in [-0.2, -0.15) is 0 Å². The molecule has 1 saturated heterocycles. The number of rotatable bonds is 4. The topological polar surface area (TPSA) is 69.4 Å². The molecule has 0 aliphatic carbocycles. The summed E-state index contributed by atoms with van der Waals surface area (Å²) in [5.74, 6) is 0. The highest BCUT2D eigenvalue weighted by Gasteiger charge is 1.93. The predicted octanol–water partition coefficient (Wildman–Crippen LogP) is 6.39. The largest absolute Gasteiger partial charge is 0.379 e. The van der Waals surface area contributed by atoms with Crippen molar-refractivity contribution in [2.75, 3.05) is 39.6 Å². The lowest BCUT2D eigenvalue weighted by molar-refractivity contribution is 0.109. The van der Waals surface area contributed by atoms with Crippen molar-refractivity contribution in [1.29, 1.82) is 0 Å². The second kappa shape index (κ2) is 26.5. The number of thiol groups is 4. The van der Waals surface area contributed by atoms with E-state index in [1.165, 1.54) is 21.5 Å². The monoisotopic (exact) mass is 739 g/mol. The first-order valence-corrected chi connectivity index (χ1v) is 16.6. The molecule has 5 rings (SSSR count). The van der Waals surface area contributed by atoms with Crippen LogP contribution in [0.2, 0.25) is 0 Å². The summed E-state index contributed by atoms with van der Waals surface area (Å²) in [6.45, 7) is 4.79. The molecule has 0 radical (unpaired) electrons. The van der Waals surface area contributed by atoms with Crippen LogP contribution < -0.4 is 26.6 Å². The number of nitrogens with one attached hydrogen (secondary N) is 5. The second-order valence-corrected chi connectivity index (χ2v) is 13.0. The minimum Gasteiger partial charge on any atom is -0.379 e. The van der Waals surface area contributed by atoms with Crippen LogP contribution in [-0.4, -0.2) is 56.9 Å². The van der Waals surface area contributed by atoms with Crippen LogP contribution in [0.25, 0.3) is 21.5 Å². The van der Waals surface area contributed by atoms with E-state index in [0.29, 0.717) is 30.6 Å². The summed E-state index contributed by atoms with van der Waals surface area (Å²) < 4.78 is 6.76. The highest BCUT2D eigenvalue weighted by atomic mass is 32.1. The van der Waals surface area contributed by atoms with Crippen molar-refractivity contribution >= 4 is 138 Å². The number of ether oxygens (including phenoxy) is 1. The highest BCUT2D eigenvalue weighted by Crippen LogP contribution is 2.12. The Kier molecular flexibility index (Phi) is 24.3. The molecule has 0 bridgehead atoms. The maximum absolute atomic E-state index is 5.01. The average molecular weight is 740 g/mol. The second-order valence-electron chi connectivity index (χ2n) is 8.34. The fourth-order valence-electron chi connectivity index (χ4n) is 3.17. The molecule has 0 amide bonds.